The molecule has 0 aliphatic rings. The number of hydrogen-bond acceptors (Lipinski definition) is 2. The topological polar surface area (TPSA) is 24.4 Å². The van der Waals surface area contributed by atoms with Gasteiger partial charge in [0.2, 0.25) is 0 Å². The van der Waals surface area contributed by atoms with Gasteiger partial charge in [0.05, 0.1) is 5.69 Å². The molecule has 0 radical (unpaired) electrons. The molecule has 0 aliphatic heterocycles. The molecule has 5 heteroatoms. The summed E-state index contributed by atoms with van der Waals surface area (Å²) < 4.78 is 33.9. The van der Waals surface area contributed by atoms with Crippen LogP contribution >= 0.6 is 23.2 Å². The number of halogens is 3. The molecule has 0 spiro atoms. The maximum atomic E-state index is 13.2. The Morgan fingerprint density at radius 3 is 3.08 bits per heavy atom. The molecule has 0 aromatic heterocycles. The number of nitrogens with zero attached hydrogens (tertiary/aromatic N) is 1. The zero-order valence-corrected chi connectivity index (χ0v) is 7.83. The molecule has 0 saturated carbocycles. The zero-order valence-electron chi connectivity index (χ0n) is 9.31. The van der Waals surface area contributed by atoms with Crippen LogP contribution < -0.4 is 5.43 Å². The first-order valence-electron chi connectivity index (χ1n) is 4.75. The van der Waals surface area contributed by atoms with Gasteiger partial charge < -0.3 is 0 Å². The molecule has 1 aromatic rings. The highest BCUT2D eigenvalue weighted by atomic mass is 35.5. The number of anilines is 1. The fourth-order valence-corrected chi connectivity index (χ4v) is 0.890. The third-order valence-corrected chi connectivity index (χ3v) is 1.53. The number of rotatable bonds is 2. The van der Waals surface area contributed by atoms with Crippen molar-refractivity contribution in [1.82, 2.24) is 0 Å². The van der Waals surface area contributed by atoms with E-state index in [2.05, 4.69) is 10.5 Å². The van der Waals surface area contributed by atoms with Gasteiger partial charge in [-0.1, -0.05) is 23.2 Å². The Labute approximate surface area is 89.6 Å². The van der Waals surface area contributed by atoms with Crippen molar-refractivity contribution < 1.29 is 8.50 Å². The second kappa shape index (κ2) is 4.44. The van der Waals surface area contributed by atoms with Crippen LogP contribution in [-0.4, -0.2) is 5.17 Å². The molecule has 0 atom stereocenters. The Morgan fingerprint density at radius 1 is 1.69 bits per heavy atom. The average molecular weight is 224 g/mol. The van der Waals surface area contributed by atoms with E-state index in [4.69, 9.17) is 27.3 Å². The number of hydrazone groups is 1. The van der Waals surface area contributed by atoms with E-state index >= 15 is 0 Å². The predicted molar refractivity (Wildman–Crippen MR) is 54.0 cm³/mol. The van der Waals surface area contributed by atoms with Gasteiger partial charge in [-0.3, -0.25) is 5.43 Å². The maximum Gasteiger partial charge on any atom is 0.149 e. The van der Waals surface area contributed by atoms with Gasteiger partial charge in [-0.25, -0.2) is 4.39 Å². The fourth-order valence-electron chi connectivity index (χ4n) is 0.689. The molecule has 1 rings (SSSR count). The van der Waals surface area contributed by atoms with Gasteiger partial charge in [-0.15, -0.1) is 0 Å². The molecule has 1 aromatic carbocycles. The van der Waals surface area contributed by atoms with Gasteiger partial charge in [0, 0.05) is 9.13 Å². The van der Waals surface area contributed by atoms with Crippen LogP contribution in [0.2, 0.25) is 5.02 Å². The van der Waals surface area contributed by atoms with Gasteiger partial charge in [-0.05, 0) is 25.1 Å². The number of benzene rings is 1. The normalized spacial score (nSPS) is 15.9. The van der Waals surface area contributed by atoms with Crippen molar-refractivity contribution in [3.05, 3.63) is 29.0 Å². The smallest absolute Gasteiger partial charge is 0.149 e. The molecular formula is C8H7Cl2FN2. The van der Waals surface area contributed by atoms with Crippen LogP contribution in [0.15, 0.2) is 23.3 Å². The molecule has 0 heterocycles. The molecule has 0 aliphatic carbocycles. The Balaban J connectivity index is 2.83. The molecule has 1 N–H and O–H groups in total. The van der Waals surface area contributed by atoms with Gasteiger partial charge in [0.15, 0.2) is 0 Å². The lowest BCUT2D eigenvalue weighted by Crippen LogP contribution is -1.94. The van der Waals surface area contributed by atoms with E-state index in [1.165, 1.54) is 12.1 Å². The molecular weight excluding hydrogens is 214 g/mol. The summed E-state index contributed by atoms with van der Waals surface area (Å²) >= 11 is 10.9. The fraction of sp³-hybridized carbons (Fsp3) is 0.125. The van der Waals surface area contributed by atoms with Crippen molar-refractivity contribution in [2.45, 2.75) is 6.85 Å². The molecule has 13 heavy (non-hydrogen) atoms. The van der Waals surface area contributed by atoms with Gasteiger partial charge in [-0.2, -0.15) is 5.10 Å². The highest BCUT2D eigenvalue weighted by molar-refractivity contribution is 6.64. The van der Waals surface area contributed by atoms with Crippen LogP contribution in [0.5, 0.6) is 0 Å². The Kier molecular flexibility index (Phi) is 2.26. The third-order valence-electron chi connectivity index (χ3n) is 1.21. The van der Waals surface area contributed by atoms with E-state index < -0.39 is 17.8 Å². The minimum atomic E-state index is -2.52. The Bertz CT molecular complexity index is 420. The maximum absolute atomic E-state index is 13.2. The summed E-state index contributed by atoms with van der Waals surface area (Å²) in [6.07, 6.45) is 0. The highest BCUT2D eigenvalue weighted by Crippen LogP contribution is 2.18. The number of nitrogens with one attached hydrogen (secondary N) is 1. The monoisotopic (exact) mass is 223 g/mol. The standard InChI is InChI=1S/C8H7Cl2FN2/c1-5(9)12-13-8-3-2-6(10)4-7(8)11/h2-4,13H,1H3/b12-5-/i1D3. The van der Waals surface area contributed by atoms with E-state index in [9.17, 15) is 4.39 Å². The van der Waals surface area contributed by atoms with Gasteiger partial charge in [0.25, 0.3) is 0 Å². The van der Waals surface area contributed by atoms with Crippen LogP contribution in [0.25, 0.3) is 0 Å². The Hall–Kier alpha value is -0.800. The van der Waals surface area contributed by atoms with E-state index in [-0.39, 0.29) is 10.7 Å². The molecule has 0 amide bonds. The third kappa shape index (κ3) is 3.20. The van der Waals surface area contributed by atoms with Crippen LogP contribution in [0, 0.1) is 5.82 Å². The van der Waals surface area contributed by atoms with Crippen LogP contribution in [-0.2, 0) is 0 Å². The second-order valence-electron chi connectivity index (χ2n) is 2.14. The predicted octanol–water partition coefficient (Wildman–Crippen LogP) is 3.46. The van der Waals surface area contributed by atoms with Crippen molar-refractivity contribution in [1.29, 1.82) is 0 Å². The van der Waals surface area contributed by atoms with Gasteiger partial charge in [0.1, 0.15) is 11.0 Å². The summed E-state index contributed by atoms with van der Waals surface area (Å²) in [5, 5.41) is 2.95. The zero-order chi connectivity index (χ0) is 12.3. The lowest BCUT2D eigenvalue weighted by Gasteiger charge is -2.01. The Morgan fingerprint density at radius 2 is 2.46 bits per heavy atom. The minimum absolute atomic E-state index is 0.00759. The van der Waals surface area contributed by atoms with E-state index in [1.54, 1.807) is 0 Å². The summed E-state index contributed by atoms with van der Waals surface area (Å²) in [5.74, 6) is -0.647. The molecule has 70 valence electrons. The van der Waals surface area contributed by atoms with Gasteiger partial charge >= 0.3 is 0 Å². The van der Waals surface area contributed by atoms with Crippen molar-refractivity contribution in [2.24, 2.45) is 5.10 Å². The summed E-state index contributed by atoms with van der Waals surface area (Å²) in [5.41, 5.74) is 2.20. The average Bonchev–Trinajstić information content (AvgIpc) is 2.14. The first-order chi connectivity index (χ1) is 7.30. The van der Waals surface area contributed by atoms with Crippen molar-refractivity contribution in [2.75, 3.05) is 5.43 Å². The molecule has 0 saturated heterocycles. The summed E-state index contributed by atoms with van der Waals surface area (Å²) in [4.78, 5) is 0. The first-order valence-corrected chi connectivity index (χ1v) is 4.01. The SMILES string of the molecule is [2H]C([2H])([2H])/C(Cl)=N/Nc1ccc(Cl)cc1F. The summed E-state index contributed by atoms with van der Waals surface area (Å²) in [6.45, 7) is -2.52. The summed E-state index contributed by atoms with van der Waals surface area (Å²) in [6, 6.07) is 3.83. The molecule has 0 unspecified atom stereocenters. The molecule has 0 fully saturated rings. The second-order valence-corrected chi connectivity index (χ2v) is 2.93. The van der Waals surface area contributed by atoms with Crippen molar-refractivity contribution in [3.63, 3.8) is 0 Å². The highest BCUT2D eigenvalue weighted by Gasteiger charge is 2.00. The quantitative estimate of drug-likeness (QED) is 0.603. The number of hydrogen-bond donors (Lipinski definition) is 1. The van der Waals surface area contributed by atoms with Crippen molar-refractivity contribution in [3.8, 4) is 0 Å². The largest absolute Gasteiger partial charge is 0.274 e. The van der Waals surface area contributed by atoms with E-state index in [0.29, 0.717) is 0 Å². The molecule has 2 nitrogen and oxygen atoms in total. The lowest BCUT2D eigenvalue weighted by molar-refractivity contribution is 0.631. The van der Waals surface area contributed by atoms with Crippen LogP contribution in [0.3, 0.4) is 0 Å². The molecule has 0 bridgehead atoms. The first kappa shape index (κ1) is 6.62. The van der Waals surface area contributed by atoms with E-state index in [0.717, 1.165) is 6.07 Å². The van der Waals surface area contributed by atoms with Crippen molar-refractivity contribution >= 4 is 34.1 Å². The van der Waals surface area contributed by atoms with E-state index in [1.807, 2.05) is 0 Å². The lowest BCUT2D eigenvalue weighted by atomic mass is 10.3. The van der Waals surface area contributed by atoms with Crippen LogP contribution in [0.1, 0.15) is 11.0 Å². The summed E-state index contributed by atoms with van der Waals surface area (Å²) in [7, 11) is 0. The minimum Gasteiger partial charge on any atom is -0.274 e. The van der Waals surface area contributed by atoms with Crippen LogP contribution in [0.4, 0.5) is 10.1 Å².